The number of benzene rings is 1. The van der Waals surface area contributed by atoms with Gasteiger partial charge in [0.15, 0.2) is 0 Å². The van der Waals surface area contributed by atoms with Gasteiger partial charge in [-0.05, 0) is 30.2 Å². The molecule has 0 bridgehead atoms. The molecule has 1 aliphatic heterocycles. The van der Waals surface area contributed by atoms with Crippen molar-refractivity contribution in [2.45, 2.75) is 24.9 Å². The van der Waals surface area contributed by atoms with E-state index >= 15 is 0 Å². The van der Waals surface area contributed by atoms with E-state index < -0.39 is 11.2 Å². The van der Waals surface area contributed by atoms with E-state index in [0.717, 1.165) is 5.56 Å². The number of rotatable bonds is 4. The van der Waals surface area contributed by atoms with Crippen LogP contribution in [0.25, 0.3) is 0 Å². The Kier molecular flexibility index (Phi) is 4.03. The highest BCUT2D eigenvalue weighted by molar-refractivity contribution is 7.90. The van der Waals surface area contributed by atoms with Crippen molar-refractivity contribution >= 4 is 34.4 Å². The molecular formula is C11H12Cl2O2S. The Balaban J connectivity index is 1.97. The van der Waals surface area contributed by atoms with Crippen LogP contribution in [0.15, 0.2) is 18.2 Å². The molecule has 0 spiro atoms. The Morgan fingerprint density at radius 1 is 1.38 bits per heavy atom. The molecule has 1 heterocycles. The van der Waals surface area contributed by atoms with Crippen LogP contribution in [-0.4, -0.2) is 22.5 Å². The van der Waals surface area contributed by atoms with Crippen LogP contribution in [-0.2, 0) is 21.7 Å². The third-order valence-corrected chi connectivity index (χ3v) is 4.57. The van der Waals surface area contributed by atoms with Gasteiger partial charge in [0.1, 0.15) is 17.6 Å². The number of halogens is 2. The van der Waals surface area contributed by atoms with Crippen LogP contribution in [0.4, 0.5) is 0 Å². The summed E-state index contributed by atoms with van der Waals surface area (Å²) in [5, 5.41) is 1.15. The van der Waals surface area contributed by atoms with Gasteiger partial charge >= 0.3 is 0 Å². The maximum atomic E-state index is 11.8. The fraction of sp³-hybridized carbons (Fsp3) is 0.455. The topological polar surface area (TPSA) is 35.6 Å². The lowest BCUT2D eigenvalue weighted by atomic mass is 10.2. The summed E-state index contributed by atoms with van der Waals surface area (Å²) in [6, 6.07) is 5.30. The van der Waals surface area contributed by atoms with E-state index in [2.05, 4.69) is 0 Å². The summed E-state index contributed by atoms with van der Waals surface area (Å²) < 4.78 is 17.1. The minimum atomic E-state index is -0.974. The first-order valence-corrected chi connectivity index (χ1v) is 7.25. The minimum absolute atomic E-state index is 0.141. The average Bonchev–Trinajstić information content (AvgIpc) is 2.88. The van der Waals surface area contributed by atoms with Crippen molar-refractivity contribution in [3.8, 4) is 0 Å². The largest absolute Gasteiger partial charge is 0.616 e. The van der Waals surface area contributed by atoms with Crippen molar-refractivity contribution < 1.29 is 9.29 Å². The van der Waals surface area contributed by atoms with Crippen LogP contribution in [0, 0.1) is 0 Å². The van der Waals surface area contributed by atoms with E-state index in [1.165, 1.54) is 0 Å². The van der Waals surface area contributed by atoms with Crippen molar-refractivity contribution in [3.63, 3.8) is 0 Å². The summed E-state index contributed by atoms with van der Waals surface area (Å²) in [6.45, 7) is 1.98. The maximum absolute atomic E-state index is 11.8. The molecule has 5 heteroatoms. The number of hydrogen-bond donors (Lipinski definition) is 0. The summed E-state index contributed by atoms with van der Waals surface area (Å²) in [4.78, 5) is 0. The third kappa shape index (κ3) is 3.05. The number of ether oxygens (including phenoxy) is 1. The monoisotopic (exact) mass is 278 g/mol. The highest BCUT2D eigenvalue weighted by Crippen LogP contribution is 2.29. The molecule has 0 aromatic heterocycles. The Hall–Kier alpha value is 0.0700. The molecule has 0 N–H and O–H groups in total. The van der Waals surface area contributed by atoms with Crippen LogP contribution in [0.5, 0.6) is 0 Å². The van der Waals surface area contributed by atoms with Crippen molar-refractivity contribution in [2.24, 2.45) is 0 Å². The van der Waals surface area contributed by atoms with Crippen LogP contribution in [0.1, 0.15) is 12.5 Å². The van der Waals surface area contributed by atoms with E-state index in [4.69, 9.17) is 27.9 Å². The molecule has 0 radical (unpaired) electrons. The first kappa shape index (κ1) is 12.5. The van der Waals surface area contributed by atoms with Crippen molar-refractivity contribution in [1.29, 1.82) is 0 Å². The predicted octanol–water partition coefficient (Wildman–Crippen LogP) is 3.03. The predicted molar refractivity (Wildman–Crippen MR) is 67.5 cm³/mol. The Labute approximate surface area is 108 Å². The molecular weight excluding hydrogens is 267 g/mol. The molecule has 0 saturated carbocycles. The zero-order valence-corrected chi connectivity index (χ0v) is 11.1. The van der Waals surface area contributed by atoms with Gasteiger partial charge in [0, 0.05) is 15.6 Å². The Morgan fingerprint density at radius 2 is 1.94 bits per heavy atom. The van der Waals surface area contributed by atoms with Gasteiger partial charge in [-0.2, -0.15) is 0 Å². The Bertz CT molecular complexity index is 366. The van der Waals surface area contributed by atoms with Gasteiger partial charge in [-0.1, -0.05) is 29.3 Å². The minimum Gasteiger partial charge on any atom is -0.616 e. The SMILES string of the molecule is CC1OC1C[S+]([O-])Cc1c(Cl)cccc1Cl. The van der Waals surface area contributed by atoms with Gasteiger partial charge in [-0.25, -0.2) is 0 Å². The van der Waals surface area contributed by atoms with Gasteiger partial charge in [0.25, 0.3) is 0 Å². The standard InChI is InChI=1S/C11H12Cl2O2S/c1-7-11(15-7)6-16(14)5-8-9(12)3-2-4-10(8)13/h2-4,7,11H,5-6H2,1H3. The van der Waals surface area contributed by atoms with Crippen LogP contribution < -0.4 is 0 Å². The molecule has 1 aliphatic rings. The lowest BCUT2D eigenvalue weighted by molar-refractivity contribution is 0.388. The van der Waals surface area contributed by atoms with Crippen LogP contribution in [0.3, 0.4) is 0 Å². The fourth-order valence-electron chi connectivity index (χ4n) is 1.48. The van der Waals surface area contributed by atoms with Gasteiger partial charge in [-0.15, -0.1) is 0 Å². The average molecular weight is 279 g/mol. The van der Waals surface area contributed by atoms with Gasteiger partial charge in [-0.3, -0.25) is 0 Å². The van der Waals surface area contributed by atoms with E-state index in [1.54, 1.807) is 18.2 Å². The molecule has 1 saturated heterocycles. The van der Waals surface area contributed by atoms with E-state index in [1.807, 2.05) is 6.92 Å². The van der Waals surface area contributed by atoms with Crippen molar-refractivity contribution in [1.82, 2.24) is 0 Å². The quantitative estimate of drug-likeness (QED) is 0.627. The van der Waals surface area contributed by atoms with E-state index in [0.29, 0.717) is 21.6 Å². The molecule has 3 atom stereocenters. The molecule has 16 heavy (non-hydrogen) atoms. The van der Waals surface area contributed by atoms with E-state index in [9.17, 15) is 4.55 Å². The smallest absolute Gasteiger partial charge is 0.134 e. The molecule has 3 unspecified atom stereocenters. The normalized spacial score (nSPS) is 25.5. The summed E-state index contributed by atoms with van der Waals surface area (Å²) >= 11 is 11.0. The van der Waals surface area contributed by atoms with Gasteiger partial charge in [0.05, 0.1) is 6.10 Å². The maximum Gasteiger partial charge on any atom is 0.134 e. The second-order valence-electron chi connectivity index (χ2n) is 3.83. The number of hydrogen-bond acceptors (Lipinski definition) is 2. The van der Waals surface area contributed by atoms with Gasteiger partial charge in [0.2, 0.25) is 0 Å². The second kappa shape index (κ2) is 5.15. The summed E-state index contributed by atoms with van der Waals surface area (Å²) in [7, 11) is 0. The first-order valence-electron chi connectivity index (χ1n) is 5.01. The lowest BCUT2D eigenvalue weighted by Gasteiger charge is -2.11. The Morgan fingerprint density at radius 3 is 2.44 bits per heavy atom. The highest BCUT2D eigenvalue weighted by Gasteiger charge is 2.38. The zero-order chi connectivity index (χ0) is 11.7. The molecule has 1 aromatic rings. The zero-order valence-electron chi connectivity index (χ0n) is 8.78. The van der Waals surface area contributed by atoms with E-state index in [-0.39, 0.29) is 12.2 Å². The first-order chi connectivity index (χ1) is 7.58. The molecule has 0 amide bonds. The molecule has 2 rings (SSSR count). The number of epoxide rings is 1. The summed E-state index contributed by atoms with van der Waals surface area (Å²) in [5.74, 6) is 0.952. The molecule has 88 valence electrons. The third-order valence-electron chi connectivity index (χ3n) is 2.55. The van der Waals surface area contributed by atoms with Crippen molar-refractivity contribution in [2.75, 3.05) is 5.75 Å². The van der Waals surface area contributed by atoms with Crippen LogP contribution >= 0.6 is 23.2 Å². The molecule has 0 aliphatic carbocycles. The molecule has 1 fully saturated rings. The lowest BCUT2D eigenvalue weighted by Crippen LogP contribution is -2.15. The molecule has 2 nitrogen and oxygen atoms in total. The van der Waals surface area contributed by atoms with Crippen LogP contribution in [0.2, 0.25) is 10.0 Å². The molecule has 1 aromatic carbocycles. The second-order valence-corrected chi connectivity index (χ2v) is 6.15. The van der Waals surface area contributed by atoms with Crippen molar-refractivity contribution in [3.05, 3.63) is 33.8 Å². The summed E-state index contributed by atoms with van der Waals surface area (Å²) in [6.07, 6.45) is 0.382. The highest BCUT2D eigenvalue weighted by atomic mass is 35.5. The summed E-state index contributed by atoms with van der Waals surface area (Å²) in [5.41, 5.74) is 0.762. The van der Waals surface area contributed by atoms with Gasteiger partial charge < -0.3 is 9.29 Å². The fourth-order valence-corrected chi connectivity index (χ4v) is 3.63.